The van der Waals surface area contributed by atoms with Gasteiger partial charge in [0.15, 0.2) is 5.13 Å². The minimum Gasteiger partial charge on any atom is -0.456 e. The average molecular weight is 633 g/mol. The number of hydrogen-bond donors (Lipinski definition) is 0. The van der Waals surface area contributed by atoms with Gasteiger partial charge in [0.2, 0.25) is 0 Å². The van der Waals surface area contributed by atoms with Crippen molar-refractivity contribution in [2.75, 3.05) is 0 Å². The molecule has 48 heavy (non-hydrogen) atoms. The minimum absolute atomic E-state index is 0.887. The summed E-state index contributed by atoms with van der Waals surface area (Å²) in [5, 5.41) is 7.86. The van der Waals surface area contributed by atoms with Crippen molar-refractivity contribution in [1.82, 2.24) is 9.55 Å². The number of para-hydroxylation sites is 4. The fourth-order valence-electron chi connectivity index (χ4n) is 7.47. The van der Waals surface area contributed by atoms with Gasteiger partial charge in [-0.25, -0.2) is 4.98 Å². The van der Waals surface area contributed by atoms with Gasteiger partial charge in [-0.3, -0.25) is 4.57 Å². The lowest BCUT2D eigenvalue weighted by Gasteiger charge is -2.08. The molecule has 11 rings (SSSR count). The van der Waals surface area contributed by atoms with Gasteiger partial charge in [0, 0.05) is 43.4 Å². The van der Waals surface area contributed by atoms with Crippen LogP contribution in [0.3, 0.4) is 0 Å². The number of furan rings is 2. The quantitative estimate of drug-likeness (QED) is 0.195. The van der Waals surface area contributed by atoms with Crippen molar-refractivity contribution in [1.29, 1.82) is 0 Å². The summed E-state index contributed by atoms with van der Waals surface area (Å²) < 4.78 is 15.8. The van der Waals surface area contributed by atoms with E-state index in [1.54, 1.807) is 11.3 Å². The molecule has 0 unspecified atom stereocenters. The number of nitrogens with zero attached hydrogens (tertiary/aromatic N) is 2. The van der Waals surface area contributed by atoms with Crippen molar-refractivity contribution in [3.63, 3.8) is 0 Å². The third-order valence-electron chi connectivity index (χ3n) is 9.68. The summed E-state index contributed by atoms with van der Waals surface area (Å²) in [5.74, 6) is 0. The molecule has 0 radical (unpaired) electrons. The fourth-order valence-corrected chi connectivity index (χ4v) is 8.62. The third kappa shape index (κ3) is 3.62. The number of rotatable bonds is 3. The maximum Gasteiger partial charge on any atom is 0.195 e. The third-order valence-corrected chi connectivity index (χ3v) is 10.8. The molecule has 7 aromatic carbocycles. The van der Waals surface area contributed by atoms with Crippen molar-refractivity contribution < 1.29 is 8.83 Å². The molecular formula is C43H24N2O2S. The van der Waals surface area contributed by atoms with Gasteiger partial charge in [-0.1, -0.05) is 108 Å². The Bertz CT molecular complexity index is 2880. The first kappa shape index (κ1) is 26.0. The predicted octanol–water partition coefficient (Wildman–Crippen LogP) is 12.5. The summed E-state index contributed by atoms with van der Waals surface area (Å²) in [6, 6.07) is 51.2. The lowest BCUT2D eigenvalue weighted by Crippen LogP contribution is -1.92. The van der Waals surface area contributed by atoms with Crippen molar-refractivity contribution >= 4 is 87.2 Å². The highest BCUT2D eigenvalue weighted by atomic mass is 32.1. The van der Waals surface area contributed by atoms with Gasteiger partial charge in [-0.15, -0.1) is 0 Å². The zero-order valence-corrected chi connectivity index (χ0v) is 26.3. The highest BCUT2D eigenvalue weighted by molar-refractivity contribution is 7.21. The second kappa shape index (κ2) is 9.67. The molecule has 0 aliphatic heterocycles. The Morgan fingerprint density at radius 1 is 0.438 bits per heavy atom. The van der Waals surface area contributed by atoms with Crippen molar-refractivity contribution in [2.24, 2.45) is 0 Å². The Balaban J connectivity index is 1.20. The van der Waals surface area contributed by atoms with E-state index >= 15 is 0 Å². The first-order valence-corrected chi connectivity index (χ1v) is 16.9. The fraction of sp³-hybridized carbons (Fsp3) is 0. The smallest absolute Gasteiger partial charge is 0.195 e. The molecule has 0 aliphatic rings. The summed E-state index contributed by atoms with van der Waals surface area (Å²) in [4.78, 5) is 5.49. The van der Waals surface area contributed by atoms with Crippen LogP contribution in [-0.4, -0.2) is 9.55 Å². The average Bonchev–Trinajstić information content (AvgIpc) is 3.91. The van der Waals surface area contributed by atoms with Crippen LogP contribution in [0.4, 0.5) is 0 Å². The zero-order valence-electron chi connectivity index (χ0n) is 25.5. The largest absolute Gasteiger partial charge is 0.456 e. The number of benzene rings is 7. The normalized spacial score (nSPS) is 12.2. The number of fused-ring (bicyclic) bond motifs is 10. The molecule has 0 N–H and O–H groups in total. The summed E-state index contributed by atoms with van der Waals surface area (Å²) >= 11 is 1.74. The first-order valence-electron chi connectivity index (χ1n) is 16.0. The highest BCUT2D eigenvalue weighted by Crippen LogP contribution is 2.44. The van der Waals surface area contributed by atoms with Crippen LogP contribution in [0, 0.1) is 0 Å². The van der Waals surface area contributed by atoms with Gasteiger partial charge in [0.05, 0.1) is 21.3 Å². The van der Waals surface area contributed by atoms with Gasteiger partial charge < -0.3 is 8.83 Å². The molecule has 11 aromatic rings. The van der Waals surface area contributed by atoms with E-state index in [-0.39, 0.29) is 0 Å². The Kier molecular flexibility index (Phi) is 5.23. The van der Waals surface area contributed by atoms with Gasteiger partial charge in [-0.2, -0.15) is 0 Å². The molecule has 0 atom stereocenters. The Hall–Kier alpha value is -6.17. The number of hydrogen-bond acceptors (Lipinski definition) is 4. The van der Waals surface area contributed by atoms with Crippen LogP contribution in [0.25, 0.3) is 103 Å². The number of thiazole rings is 1. The van der Waals surface area contributed by atoms with Crippen molar-refractivity contribution in [3.8, 4) is 27.4 Å². The summed E-state index contributed by atoms with van der Waals surface area (Å²) in [5.41, 5.74) is 11.4. The SMILES string of the molecule is c1ccc2c(c1)oc1ccc(-c3ccc(-c4ccc5oc6ccccc6c5c4)c4sc(-n5c6ccccc6c6ccccc65)nc34)cc12. The molecule has 0 amide bonds. The van der Waals surface area contributed by atoms with Crippen molar-refractivity contribution in [3.05, 3.63) is 146 Å². The minimum atomic E-state index is 0.887. The van der Waals surface area contributed by atoms with Crippen LogP contribution in [0.1, 0.15) is 0 Å². The van der Waals surface area contributed by atoms with E-state index in [0.29, 0.717) is 0 Å². The topological polar surface area (TPSA) is 44.1 Å². The van der Waals surface area contributed by atoms with E-state index in [1.807, 2.05) is 24.3 Å². The van der Waals surface area contributed by atoms with Gasteiger partial charge in [-0.05, 0) is 59.7 Å². The van der Waals surface area contributed by atoms with Gasteiger partial charge in [0.1, 0.15) is 22.3 Å². The van der Waals surface area contributed by atoms with Crippen LogP contribution in [0.5, 0.6) is 0 Å². The van der Waals surface area contributed by atoms with Gasteiger partial charge in [0.25, 0.3) is 0 Å². The van der Waals surface area contributed by atoms with Crippen LogP contribution < -0.4 is 0 Å². The van der Waals surface area contributed by atoms with Gasteiger partial charge >= 0.3 is 0 Å². The molecule has 4 aromatic heterocycles. The van der Waals surface area contributed by atoms with E-state index in [1.165, 1.54) is 10.8 Å². The second-order valence-electron chi connectivity index (χ2n) is 12.3. The Morgan fingerprint density at radius 2 is 0.917 bits per heavy atom. The molecule has 0 saturated heterocycles. The van der Waals surface area contributed by atoms with Crippen LogP contribution in [0.15, 0.2) is 154 Å². The maximum atomic E-state index is 6.18. The molecule has 0 saturated carbocycles. The zero-order chi connectivity index (χ0) is 31.3. The van der Waals surface area contributed by atoms with Crippen LogP contribution in [0.2, 0.25) is 0 Å². The highest BCUT2D eigenvalue weighted by Gasteiger charge is 2.21. The van der Waals surface area contributed by atoms with E-state index in [9.17, 15) is 0 Å². The number of aromatic nitrogens is 2. The van der Waals surface area contributed by atoms with E-state index < -0.39 is 0 Å². The molecule has 5 heteroatoms. The standard InChI is InChI=1S/C43H24N2O2S/c1-5-13-35-29(9-1)30-10-2-6-14-36(30)45(35)43-44-41-27(25-17-21-39-33(23-25)31-11-3-7-15-37(31)46-39)19-20-28(42(41)48-43)26-18-22-40-34(24-26)32-12-4-8-16-38(32)47-40/h1-24H. The lowest BCUT2D eigenvalue weighted by molar-refractivity contribution is 0.668. The van der Waals surface area contributed by atoms with E-state index in [2.05, 4.69) is 126 Å². The monoisotopic (exact) mass is 632 g/mol. The van der Waals surface area contributed by atoms with E-state index in [0.717, 1.165) is 92.5 Å². The molecule has 4 heterocycles. The molecule has 4 nitrogen and oxygen atoms in total. The molecular weight excluding hydrogens is 609 g/mol. The Labute approximate surface area is 277 Å². The molecule has 0 spiro atoms. The Morgan fingerprint density at radius 3 is 1.52 bits per heavy atom. The van der Waals surface area contributed by atoms with Crippen LogP contribution >= 0.6 is 11.3 Å². The summed E-state index contributed by atoms with van der Waals surface area (Å²) in [6.07, 6.45) is 0. The van der Waals surface area contributed by atoms with Crippen molar-refractivity contribution in [2.45, 2.75) is 0 Å². The predicted molar refractivity (Wildman–Crippen MR) is 199 cm³/mol. The molecule has 0 bridgehead atoms. The molecule has 224 valence electrons. The van der Waals surface area contributed by atoms with E-state index in [4.69, 9.17) is 13.8 Å². The van der Waals surface area contributed by atoms with Crippen LogP contribution in [-0.2, 0) is 0 Å². The molecule has 0 fully saturated rings. The summed E-state index contributed by atoms with van der Waals surface area (Å²) in [6.45, 7) is 0. The second-order valence-corrected chi connectivity index (χ2v) is 13.3. The maximum absolute atomic E-state index is 6.18. The lowest BCUT2D eigenvalue weighted by atomic mass is 9.97. The first-order chi connectivity index (χ1) is 23.8. The molecule has 0 aliphatic carbocycles. The summed E-state index contributed by atoms with van der Waals surface area (Å²) in [7, 11) is 0.